The van der Waals surface area contributed by atoms with Crippen molar-refractivity contribution < 1.29 is 23.1 Å². The molecule has 2 aromatic heterocycles. The van der Waals surface area contributed by atoms with E-state index in [0.29, 0.717) is 22.8 Å². The predicted octanol–water partition coefficient (Wildman–Crippen LogP) is 3.80. The molecule has 0 bridgehead atoms. The van der Waals surface area contributed by atoms with Gasteiger partial charge in [-0.15, -0.1) is 0 Å². The molecular formula is C25H22FN5O4. The minimum atomic E-state index is -0.970. The number of imidazole rings is 1. The van der Waals surface area contributed by atoms with Crippen molar-refractivity contribution in [2.45, 2.75) is 19.1 Å². The summed E-state index contributed by atoms with van der Waals surface area (Å²) in [5.74, 6) is 0.00701. The summed E-state index contributed by atoms with van der Waals surface area (Å²) in [5, 5.41) is 6.47. The Labute approximate surface area is 200 Å². The number of aromatic nitrogens is 2. The predicted molar refractivity (Wildman–Crippen MR) is 126 cm³/mol. The molecule has 1 atom stereocenters. The SMILES string of the molecule is O=C(N[C@H](Cc1cnc[nH]1)C(=O)N/N=C\c1ccc(-c2ccc(F)cc2)o1)OCc1ccccc1. The second kappa shape index (κ2) is 11.4. The van der Waals surface area contributed by atoms with E-state index in [1.165, 1.54) is 24.7 Å². The van der Waals surface area contributed by atoms with Gasteiger partial charge in [0.15, 0.2) is 0 Å². The number of halogens is 1. The van der Waals surface area contributed by atoms with Crippen LogP contribution in [0.5, 0.6) is 0 Å². The summed E-state index contributed by atoms with van der Waals surface area (Å²) in [6.45, 7) is 0.0676. The highest BCUT2D eigenvalue weighted by Gasteiger charge is 2.22. The third-order valence-electron chi connectivity index (χ3n) is 4.92. The number of ether oxygens (including phenoxy) is 1. The second-order valence-electron chi connectivity index (χ2n) is 7.48. The molecule has 0 aliphatic heterocycles. The molecule has 0 aliphatic rings. The summed E-state index contributed by atoms with van der Waals surface area (Å²) in [6, 6.07) is 17.5. The molecule has 0 unspecified atom stereocenters. The average Bonchev–Trinajstić information content (AvgIpc) is 3.56. The van der Waals surface area contributed by atoms with E-state index in [-0.39, 0.29) is 18.8 Å². The maximum absolute atomic E-state index is 13.1. The number of furan rings is 1. The summed E-state index contributed by atoms with van der Waals surface area (Å²) in [6.07, 6.45) is 3.77. The zero-order valence-corrected chi connectivity index (χ0v) is 18.5. The lowest BCUT2D eigenvalue weighted by atomic mass is 10.1. The lowest BCUT2D eigenvalue weighted by molar-refractivity contribution is -0.123. The summed E-state index contributed by atoms with van der Waals surface area (Å²) in [4.78, 5) is 31.9. The number of aromatic amines is 1. The largest absolute Gasteiger partial charge is 0.455 e. The van der Waals surface area contributed by atoms with Crippen LogP contribution in [0.1, 0.15) is 17.0 Å². The van der Waals surface area contributed by atoms with E-state index in [4.69, 9.17) is 9.15 Å². The molecule has 0 saturated heterocycles. The summed E-state index contributed by atoms with van der Waals surface area (Å²) in [7, 11) is 0. The molecule has 4 aromatic rings. The van der Waals surface area contributed by atoms with E-state index in [1.54, 1.807) is 30.5 Å². The smallest absolute Gasteiger partial charge is 0.408 e. The quantitative estimate of drug-likeness (QED) is 0.251. The molecule has 0 aliphatic carbocycles. The van der Waals surface area contributed by atoms with Crippen molar-refractivity contribution in [1.82, 2.24) is 20.7 Å². The lowest BCUT2D eigenvalue weighted by Gasteiger charge is -2.16. The van der Waals surface area contributed by atoms with Crippen LogP contribution in [0.15, 0.2) is 88.8 Å². The minimum Gasteiger partial charge on any atom is -0.455 e. The highest BCUT2D eigenvalue weighted by molar-refractivity contribution is 5.87. The number of H-pyrrole nitrogens is 1. The number of nitrogens with one attached hydrogen (secondary N) is 3. The molecule has 2 amide bonds. The zero-order chi connectivity index (χ0) is 24.5. The van der Waals surface area contributed by atoms with Gasteiger partial charge in [0.05, 0.1) is 12.5 Å². The zero-order valence-electron chi connectivity index (χ0n) is 18.5. The van der Waals surface area contributed by atoms with Gasteiger partial charge in [-0.1, -0.05) is 30.3 Å². The van der Waals surface area contributed by atoms with Crippen molar-refractivity contribution >= 4 is 18.2 Å². The molecule has 9 nitrogen and oxygen atoms in total. The minimum absolute atomic E-state index is 0.0676. The third kappa shape index (κ3) is 6.87. The first kappa shape index (κ1) is 23.4. The van der Waals surface area contributed by atoms with E-state index in [0.717, 1.165) is 5.56 Å². The van der Waals surface area contributed by atoms with Gasteiger partial charge in [-0.05, 0) is 42.0 Å². The average molecular weight is 475 g/mol. The number of carbonyl (C=O) groups excluding carboxylic acids is 2. The van der Waals surface area contributed by atoms with E-state index < -0.39 is 18.0 Å². The van der Waals surface area contributed by atoms with E-state index in [9.17, 15) is 14.0 Å². The van der Waals surface area contributed by atoms with Gasteiger partial charge in [-0.25, -0.2) is 19.6 Å². The Morgan fingerprint density at radius 3 is 2.66 bits per heavy atom. The molecule has 0 radical (unpaired) electrons. The molecule has 2 heterocycles. The summed E-state index contributed by atoms with van der Waals surface area (Å²) < 4.78 is 24.0. The van der Waals surface area contributed by atoms with Gasteiger partial charge in [-0.2, -0.15) is 5.10 Å². The fourth-order valence-electron chi connectivity index (χ4n) is 3.16. The number of carbonyl (C=O) groups is 2. The van der Waals surface area contributed by atoms with Crippen LogP contribution in [0.3, 0.4) is 0 Å². The molecule has 3 N–H and O–H groups in total. The van der Waals surface area contributed by atoms with Crippen LogP contribution in [0.2, 0.25) is 0 Å². The van der Waals surface area contributed by atoms with Crippen LogP contribution < -0.4 is 10.7 Å². The standard InChI is InChI=1S/C25H22FN5O4/c26-19-8-6-18(7-9-19)23-11-10-21(35-23)14-29-31-24(32)22(12-20-13-27-16-28-20)30-25(33)34-15-17-4-2-1-3-5-17/h1-11,13-14,16,22H,12,15H2,(H,27,28)(H,30,33)(H,31,32)/b29-14-/t22-/m1/s1. The first-order valence-electron chi connectivity index (χ1n) is 10.7. The summed E-state index contributed by atoms with van der Waals surface area (Å²) >= 11 is 0. The van der Waals surface area contributed by atoms with Gasteiger partial charge in [0.25, 0.3) is 5.91 Å². The number of alkyl carbamates (subject to hydrolysis) is 1. The molecular weight excluding hydrogens is 453 g/mol. The van der Waals surface area contributed by atoms with Gasteiger partial charge in [0, 0.05) is 23.9 Å². The molecule has 4 rings (SSSR count). The Morgan fingerprint density at radius 1 is 1.11 bits per heavy atom. The van der Waals surface area contributed by atoms with Gasteiger partial charge >= 0.3 is 6.09 Å². The Kier molecular flexibility index (Phi) is 7.64. The van der Waals surface area contributed by atoms with Crippen LogP contribution in [-0.4, -0.2) is 34.2 Å². The van der Waals surface area contributed by atoms with E-state index >= 15 is 0 Å². The number of benzene rings is 2. The molecule has 2 aromatic carbocycles. The molecule has 0 fully saturated rings. The maximum atomic E-state index is 13.1. The Morgan fingerprint density at radius 2 is 1.91 bits per heavy atom. The number of hydrogen-bond acceptors (Lipinski definition) is 6. The Hall–Kier alpha value is -4.73. The first-order valence-corrected chi connectivity index (χ1v) is 10.7. The maximum Gasteiger partial charge on any atom is 0.408 e. The molecule has 0 spiro atoms. The highest BCUT2D eigenvalue weighted by Crippen LogP contribution is 2.21. The van der Waals surface area contributed by atoms with Crippen LogP contribution in [-0.2, 0) is 22.6 Å². The monoisotopic (exact) mass is 475 g/mol. The van der Waals surface area contributed by atoms with Crippen molar-refractivity contribution in [2.24, 2.45) is 5.10 Å². The molecule has 178 valence electrons. The fourth-order valence-corrected chi connectivity index (χ4v) is 3.16. The number of rotatable bonds is 9. The van der Waals surface area contributed by atoms with Crippen molar-refractivity contribution in [3.05, 3.63) is 102 Å². The third-order valence-corrected chi connectivity index (χ3v) is 4.92. The van der Waals surface area contributed by atoms with Crippen LogP contribution in [0.4, 0.5) is 9.18 Å². The summed E-state index contributed by atoms with van der Waals surface area (Å²) in [5.41, 5.74) is 4.56. The van der Waals surface area contributed by atoms with Crippen molar-refractivity contribution in [3.8, 4) is 11.3 Å². The molecule has 10 heteroatoms. The lowest BCUT2D eigenvalue weighted by Crippen LogP contribution is -2.47. The molecule has 0 saturated carbocycles. The van der Waals surface area contributed by atoms with Crippen molar-refractivity contribution in [3.63, 3.8) is 0 Å². The van der Waals surface area contributed by atoms with E-state index in [1.807, 2.05) is 30.3 Å². The van der Waals surface area contributed by atoms with Gasteiger partial charge in [-0.3, -0.25) is 4.79 Å². The number of nitrogens with zero attached hydrogens (tertiary/aromatic N) is 2. The number of hydrogen-bond donors (Lipinski definition) is 3. The normalized spacial score (nSPS) is 11.8. The topological polar surface area (TPSA) is 122 Å². The van der Waals surface area contributed by atoms with Crippen molar-refractivity contribution in [1.29, 1.82) is 0 Å². The van der Waals surface area contributed by atoms with Gasteiger partial charge in [0.2, 0.25) is 0 Å². The van der Waals surface area contributed by atoms with Gasteiger partial charge < -0.3 is 19.5 Å². The number of amides is 2. The van der Waals surface area contributed by atoms with Crippen molar-refractivity contribution in [2.75, 3.05) is 0 Å². The van der Waals surface area contributed by atoms with Crippen LogP contribution in [0, 0.1) is 5.82 Å². The van der Waals surface area contributed by atoms with E-state index in [2.05, 4.69) is 25.8 Å². The van der Waals surface area contributed by atoms with Crippen LogP contribution >= 0.6 is 0 Å². The number of hydrazone groups is 1. The fraction of sp³-hybridized carbons (Fsp3) is 0.120. The first-order chi connectivity index (χ1) is 17.1. The Balaban J connectivity index is 1.35. The van der Waals surface area contributed by atoms with Gasteiger partial charge in [0.1, 0.15) is 30.0 Å². The second-order valence-corrected chi connectivity index (χ2v) is 7.48. The Bertz CT molecular complexity index is 1270. The highest BCUT2D eigenvalue weighted by atomic mass is 19.1. The molecule has 35 heavy (non-hydrogen) atoms. The van der Waals surface area contributed by atoms with Crippen LogP contribution in [0.25, 0.3) is 11.3 Å².